The van der Waals surface area contributed by atoms with Crippen LogP contribution in [0.5, 0.6) is 5.75 Å². The molecule has 9 nitrogen and oxygen atoms in total. The maximum Gasteiger partial charge on any atom is 0.409 e. The van der Waals surface area contributed by atoms with Crippen molar-refractivity contribution in [3.8, 4) is 5.75 Å². The number of nitro groups is 1. The highest BCUT2D eigenvalue weighted by Crippen LogP contribution is 2.35. The Labute approximate surface area is 172 Å². The van der Waals surface area contributed by atoms with Gasteiger partial charge in [0.2, 0.25) is 6.54 Å². The van der Waals surface area contributed by atoms with Gasteiger partial charge in [0, 0.05) is 40.9 Å². The number of rotatable bonds is 9. The molecule has 3 aromatic rings. The first kappa shape index (κ1) is 21.1. The minimum atomic E-state index is -1.19. The highest BCUT2D eigenvalue weighted by Gasteiger charge is 2.26. The van der Waals surface area contributed by atoms with Crippen molar-refractivity contribution in [2.75, 3.05) is 32.2 Å². The number of hydrogen-bond donors (Lipinski definition) is 3. The first-order valence-corrected chi connectivity index (χ1v) is 9.34. The van der Waals surface area contributed by atoms with E-state index in [9.17, 15) is 14.9 Å². The third-order valence-corrected chi connectivity index (χ3v) is 4.94. The molecule has 0 spiro atoms. The van der Waals surface area contributed by atoms with Crippen LogP contribution in [0.2, 0.25) is 0 Å². The predicted octanol–water partition coefficient (Wildman–Crippen LogP) is 4.00. The van der Waals surface area contributed by atoms with Crippen molar-refractivity contribution in [1.29, 1.82) is 0 Å². The molecule has 0 aliphatic rings. The summed E-state index contributed by atoms with van der Waals surface area (Å²) in [6.07, 6.45) is 0.572. The number of amides is 1. The normalized spacial score (nSPS) is 11.9. The van der Waals surface area contributed by atoms with Crippen LogP contribution >= 0.6 is 0 Å². The highest BCUT2D eigenvalue weighted by molar-refractivity contribution is 5.86. The molecule has 30 heavy (non-hydrogen) atoms. The summed E-state index contributed by atoms with van der Waals surface area (Å²) in [6, 6.07) is 10.6. The Balaban J connectivity index is 2.01. The number of carbonyl (C=O) groups is 1. The fraction of sp³-hybridized carbons (Fsp3) is 0.286. The Morgan fingerprint density at radius 1 is 1.27 bits per heavy atom. The number of methoxy groups -OCH3 is 1. The second-order valence-electron chi connectivity index (χ2n) is 6.81. The first-order chi connectivity index (χ1) is 14.4. The molecule has 1 amide bonds. The molecule has 2 aromatic carbocycles. The second-order valence-corrected chi connectivity index (χ2v) is 6.81. The van der Waals surface area contributed by atoms with Crippen LogP contribution in [0.1, 0.15) is 22.6 Å². The van der Waals surface area contributed by atoms with Gasteiger partial charge in [0.05, 0.1) is 12.5 Å². The van der Waals surface area contributed by atoms with E-state index in [1.807, 2.05) is 18.2 Å². The molecule has 9 heteroatoms. The van der Waals surface area contributed by atoms with Gasteiger partial charge < -0.3 is 19.6 Å². The van der Waals surface area contributed by atoms with Crippen LogP contribution in [-0.4, -0.2) is 48.0 Å². The molecule has 0 aliphatic carbocycles. The van der Waals surface area contributed by atoms with Gasteiger partial charge in [0.25, 0.3) is 0 Å². The van der Waals surface area contributed by atoms with Crippen LogP contribution in [0.3, 0.4) is 0 Å². The summed E-state index contributed by atoms with van der Waals surface area (Å²) in [4.78, 5) is 25.3. The van der Waals surface area contributed by atoms with E-state index in [0.717, 1.165) is 16.5 Å². The smallest absolute Gasteiger partial charge is 0.409 e. The van der Waals surface area contributed by atoms with Gasteiger partial charge in [-0.05, 0) is 41.8 Å². The van der Waals surface area contributed by atoms with E-state index in [1.54, 1.807) is 38.4 Å². The number of nitrogens with zero attached hydrogens (tertiary/aromatic N) is 1. The minimum Gasteiger partial charge on any atom is -0.491 e. The monoisotopic (exact) mass is 413 g/mol. The lowest BCUT2D eigenvalue weighted by atomic mass is 9.87. The zero-order valence-electron chi connectivity index (χ0n) is 16.7. The van der Waals surface area contributed by atoms with Gasteiger partial charge in [-0.2, -0.15) is 0 Å². The van der Waals surface area contributed by atoms with E-state index in [0.29, 0.717) is 35.8 Å². The van der Waals surface area contributed by atoms with Gasteiger partial charge in [-0.3, -0.25) is 15.4 Å². The van der Waals surface area contributed by atoms with Crippen molar-refractivity contribution in [2.45, 2.75) is 12.8 Å². The number of anilines is 1. The number of benzene rings is 2. The number of fused-ring (bicyclic) bond motifs is 1. The van der Waals surface area contributed by atoms with Gasteiger partial charge in [-0.15, -0.1) is 0 Å². The Kier molecular flexibility index (Phi) is 6.53. The average Bonchev–Trinajstić information content (AvgIpc) is 3.11. The highest BCUT2D eigenvalue weighted by atomic mass is 16.6. The number of hydrogen-bond acceptors (Lipinski definition) is 5. The molecule has 3 rings (SSSR count). The van der Waals surface area contributed by atoms with Crippen molar-refractivity contribution < 1.29 is 24.3 Å². The van der Waals surface area contributed by atoms with E-state index >= 15 is 0 Å². The summed E-state index contributed by atoms with van der Waals surface area (Å²) in [5.41, 5.74) is 3.31. The molecule has 1 heterocycles. The van der Waals surface area contributed by atoms with Crippen LogP contribution in [0.15, 0.2) is 42.6 Å². The van der Waals surface area contributed by atoms with E-state index in [4.69, 9.17) is 14.6 Å². The molecule has 0 radical (unpaired) electrons. The van der Waals surface area contributed by atoms with Crippen LogP contribution in [0.4, 0.5) is 10.5 Å². The van der Waals surface area contributed by atoms with Gasteiger partial charge in [0.1, 0.15) is 12.4 Å². The SMILES string of the molecule is COCCOc1ccc2c(C(C[N+](=O)[O-])c3cccc(NC(=O)O)c3C)c[nH]c2c1. The van der Waals surface area contributed by atoms with E-state index in [2.05, 4.69) is 10.3 Å². The summed E-state index contributed by atoms with van der Waals surface area (Å²) in [5.74, 6) is 0.118. The Bertz CT molecular complexity index is 1060. The van der Waals surface area contributed by atoms with Crippen LogP contribution < -0.4 is 10.1 Å². The summed E-state index contributed by atoms with van der Waals surface area (Å²) in [5, 5.41) is 23.7. The molecule has 0 bridgehead atoms. The molecule has 1 aromatic heterocycles. The van der Waals surface area contributed by atoms with Crippen molar-refractivity contribution >= 4 is 22.7 Å². The van der Waals surface area contributed by atoms with Crippen molar-refractivity contribution in [2.24, 2.45) is 0 Å². The largest absolute Gasteiger partial charge is 0.491 e. The number of carboxylic acid groups (broad SMARTS) is 1. The minimum absolute atomic E-state index is 0.323. The summed E-state index contributed by atoms with van der Waals surface area (Å²) < 4.78 is 10.6. The summed E-state index contributed by atoms with van der Waals surface area (Å²) in [7, 11) is 1.60. The van der Waals surface area contributed by atoms with Crippen molar-refractivity contribution in [3.05, 3.63) is 69.4 Å². The maximum atomic E-state index is 11.4. The molecule has 158 valence electrons. The molecule has 0 fully saturated rings. The number of ether oxygens (including phenoxy) is 2. The standard InChI is InChI=1S/C21H23N3O6/c1-13-15(4-3-5-19(13)23-21(25)26)18(12-24(27)28)17-11-22-20-10-14(6-7-16(17)20)30-9-8-29-2/h3-7,10-11,18,22-23H,8-9,12H2,1-2H3,(H,25,26). The Morgan fingerprint density at radius 3 is 2.77 bits per heavy atom. The van der Waals surface area contributed by atoms with Crippen molar-refractivity contribution in [1.82, 2.24) is 4.98 Å². The molecule has 1 unspecified atom stereocenters. The van der Waals surface area contributed by atoms with E-state index in [-0.39, 0.29) is 11.5 Å². The van der Waals surface area contributed by atoms with Crippen molar-refractivity contribution in [3.63, 3.8) is 0 Å². The lowest BCUT2D eigenvalue weighted by Gasteiger charge is -2.18. The summed E-state index contributed by atoms with van der Waals surface area (Å²) in [6.45, 7) is 2.32. The molecule has 0 aliphatic heterocycles. The topological polar surface area (TPSA) is 127 Å². The number of aromatic amines is 1. The summed E-state index contributed by atoms with van der Waals surface area (Å²) >= 11 is 0. The fourth-order valence-corrected chi connectivity index (χ4v) is 3.54. The van der Waals surface area contributed by atoms with Crippen LogP contribution in [-0.2, 0) is 4.74 Å². The molecular weight excluding hydrogens is 390 g/mol. The third kappa shape index (κ3) is 4.69. The predicted molar refractivity (Wildman–Crippen MR) is 112 cm³/mol. The third-order valence-electron chi connectivity index (χ3n) is 4.94. The number of nitrogens with one attached hydrogen (secondary N) is 2. The van der Waals surface area contributed by atoms with Gasteiger partial charge in [-0.1, -0.05) is 12.1 Å². The molecule has 0 saturated carbocycles. The first-order valence-electron chi connectivity index (χ1n) is 9.34. The van der Waals surface area contributed by atoms with Gasteiger partial charge in [0.15, 0.2) is 0 Å². The van der Waals surface area contributed by atoms with Gasteiger partial charge in [-0.25, -0.2) is 4.79 Å². The molecule has 1 atom stereocenters. The Hall–Kier alpha value is -3.59. The number of aromatic nitrogens is 1. The zero-order chi connectivity index (χ0) is 21.7. The van der Waals surface area contributed by atoms with Gasteiger partial charge >= 0.3 is 6.09 Å². The molecule has 0 saturated heterocycles. The Morgan fingerprint density at radius 2 is 2.07 bits per heavy atom. The van der Waals surface area contributed by atoms with Crippen LogP contribution in [0.25, 0.3) is 10.9 Å². The van der Waals surface area contributed by atoms with E-state index in [1.165, 1.54) is 0 Å². The molecular formula is C21H23N3O6. The lowest BCUT2D eigenvalue weighted by Crippen LogP contribution is -2.16. The van der Waals surface area contributed by atoms with E-state index < -0.39 is 12.0 Å². The molecule has 3 N–H and O–H groups in total. The quantitative estimate of drug-likeness (QED) is 0.276. The second kappa shape index (κ2) is 9.27. The maximum absolute atomic E-state index is 11.4. The van der Waals surface area contributed by atoms with Crippen LogP contribution in [0, 0.1) is 17.0 Å². The zero-order valence-corrected chi connectivity index (χ0v) is 16.7. The fourth-order valence-electron chi connectivity index (χ4n) is 3.54. The average molecular weight is 413 g/mol. The lowest BCUT2D eigenvalue weighted by molar-refractivity contribution is -0.481. The number of H-pyrrole nitrogens is 1.